The Morgan fingerprint density at radius 1 is 1.26 bits per heavy atom. The van der Waals surface area contributed by atoms with Gasteiger partial charge in [0.2, 0.25) is 5.13 Å². The van der Waals surface area contributed by atoms with Gasteiger partial charge in [-0.25, -0.2) is 9.37 Å². The first-order chi connectivity index (χ1) is 9.28. The third kappa shape index (κ3) is 2.25. The number of hydrogen-bond donors (Lipinski definition) is 1. The molecule has 0 aliphatic carbocycles. The molecular weight excluding hydrogens is 265 g/mol. The van der Waals surface area contributed by atoms with E-state index in [1.807, 2.05) is 5.38 Å². The Hall–Kier alpha value is -2.12. The van der Waals surface area contributed by atoms with Gasteiger partial charge in [-0.2, -0.15) is 4.68 Å². The van der Waals surface area contributed by atoms with Crippen molar-refractivity contribution in [2.75, 3.05) is 0 Å². The SMILES string of the molecule is NCc1cnnn1-c1nc(-c2ccc(F)cc2)cs1. The van der Waals surface area contributed by atoms with Gasteiger partial charge in [0.1, 0.15) is 5.82 Å². The lowest BCUT2D eigenvalue weighted by Crippen LogP contribution is -2.06. The van der Waals surface area contributed by atoms with Crippen molar-refractivity contribution in [3.63, 3.8) is 0 Å². The molecule has 0 atom stereocenters. The minimum Gasteiger partial charge on any atom is -0.325 e. The molecule has 19 heavy (non-hydrogen) atoms. The summed E-state index contributed by atoms with van der Waals surface area (Å²) < 4.78 is 14.5. The van der Waals surface area contributed by atoms with Crippen molar-refractivity contribution in [1.29, 1.82) is 0 Å². The lowest BCUT2D eigenvalue weighted by atomic mass is 10.2. The van der Waals surface area contributed by atoms with Crippen molar-refractivity contribution in [1.82, 2.24) is 20.0 Å². The zero-order valence-corrected chi connectivity index (χ0v) is 10.6. The standard InChI is InChI=1S/C12H10FN5S/c13-9-3-1-8(2-4-9)11-7-19-12(16-11)18-10(5-14)6-15-17-18/h1-4,6-7H,5,14H2. The highest BCUT2D eigenvalue weighted by molar-refractivity contribution is 7.12. The van der Waals surface area contributed by atoms with E-state index in [0.717, 1.165) is 17.0 Å². The molecule has 1 aromatic carbocycles. The topological polar surface area (TPSA) is 69.6 Å². The van der Waals surface area contributed by atoms with Gasteiger partial charge in [-0.1, -0.05) is 5.21 Å². The molecular formula is C12H10FN5S. The summed E-state index contributed by atoms with van der Waals surface area (Å²) in [5.74, 6) is -0.263. The number of rotatable bonds is 3. The van der Waals surface area contributed by atoms with E-state index in [1.165, 1.54) is 23.5 Å². The Balaban J connectivity index is 1.97. The van der Waals surface area contributed by atoms with Gasteiger partial charge in [0.15, 0.2) is 0 Å². The molecule has 5 nitrogen and oxygen atoms in total. The summed E-state index contributed by atoms with van der Waals surface area (Å²) in [7, 11) is 0. The Morgan fingerprint density at radius 2 is 2.05 bits per heavy atom. The molecule has 0 aliphatic rings. The highest BCUT2D eigenvalue weighted by atomic mass is 32.1. The van der Waals surface area contributed by atoms with Crippen molar-refractivity contribution in [3.8, 4) is 16.4 Å². The van der Waals surface area contributed by atoms with E-state index in [4.69, 9.17) is 5.73 Å². The van der Waals surface area contributed by atoms with Crippen LogP contribution in [0.2, 0.25) is 0 Å². The van der Waals surface area contributed by atoms with Crippen molar-refractivity contribution in [2.45, 2.75) is 6.54 Å². The third-order valence-corrected chi connectivity index (χ3v) is 3.46. The van der Waals surface area contributed by atoms with Crippen LogP contribution in [-0.4, -0.2) is 20.0 Å². The number of nitrogens with two attached hydrogens (primary N) is 1. The summed E-state index contributed by atoms with van der Waals surface area (Å²) in [6.45, 7) is 0.346. The van der Waals surface area contributed by atoms with Crippen LogP contribution in [0.15, 0.2) is 35.8 Å². The van der Waals surface area contributed by atoms with Crippen molar-refractivity contribution in [3.05, 3.63) is 47.4 Å². The van der Waals surface area contributed by atoms with Crippen LogP contribution in [0.5, 0.6) is 0 Å². The molecule has 0 unspecified atom stereocenters. The summed E-state index contributed by atoms with van der Waals surface area (Å²) in [6, 6.07) is 6.21. The molecule has 0 bridgehead atoms. The largest absolute Gasteiger partial charge is 0.325 e. The fourth-order valence-corrected chi connectivity index (χ4v) is 2.48. The van der Waals surface area contributed by atoms with Gasteiger partial charge in [-0.15, -0.1) is 16.4 Å². The second kappa shape index (κ2) is 4.87. The summed E-state index contributed by atoms with van der Waals surface area (Å²) >= 11 is 1.44. The van der Waals surface area contributed by atoms with Gasteiger partial charge in [0.25, 0.3) is 0 Å². The van der Waals surface area contributed by atoms with E-state index in [2.05, 4.69) is 15.3 Å². The Bertz CT molecular complexity index is 688. The smallest absolute Gasteiger partial charge is 0.212 e. The molecule has 0 radical (unpaired) electrons. The number of hydrogen-bond acceptors (Lipinski definition) is 5. The molecule has 0 fully saturated rings. The molecule has 0 saturated heterocycles. The molecule has 0 spiro atoms. The van der Waals surface area contributed by atoms with Crippen LogP contribution in [-0.2, 0) is 6.54 Å². The van der Waals surface area contributed by atoms with Crippen molar-refractivity contribution >= 4 is 11.3 Å². The zero-order valence-electron chi connectivity index (χ0n) is 9.82. The summed E-state index contributed by atoms with van der Waals surface area (Å²) in [5, 5.41) is 10.4. The molecule has 0 amide bonds. The predicted octanol–water partition coefficient (Wildman–Crippen LogP) is 1.99. The number of thiazole rings is 1. The summed E-state index contributed by atoms with van der Waals surface area (Å²) in [5.41, 5.74) is 8.03. The number of aromatic nitrogens is 4. The lowest BCUT2D eigenvalue weighted by Gasteiger charge is -1.99. The van der Waals surface area contributed by atoms with E-state index in [9.17, 15) is 4.39 Å². The van der Waals surface area contributed by atoms with Crippen LogP contribution >= 0.6 is 11.3 Å². The van der Waals surface area contributed by atoms with Gasteiger partial charge in [-0.05, 0) is 24.3 Å². The second-order valence-electron chi connectivity index (χ2n) is 3.86. The normalized spacial score (nSPS) is 10.8. The van der Waals surface area contributed by atoms with Gasteiger partial charge in [0, 0.05) is 17.5 Å². The Morgan fingerprint density at radius 3 is 2.79 bits per heavy atom. The average molecular weight is 275 g/mol. The summed E-state index contributed by atoms with van der Waals surface area (Å²) in [6.07, 6.45) is 1.61. The Kier molecular flexibility index (Phi) is 3.06. The highest BCUT2D eigenvalue weighted by Gasteiger charge is 2.10. The number of benzene rings is 1. The maximum absolute atomic E-state index is 12.9. The van der Waals surface area contributed by atoms with E-state index in [1.54, 1.807) is 23.0 Å². The van der Waals surface area contributed by atoms with Crippen LogP contribution in [0.1, 0.15) is 5.69 Å². The molecule has 0 aliphatic heterocycles. The molecule has 3 rings (SSSR count). The fraction of sp³-hybridized carbons (Fsp3) is 0.0833. The summed E-state index contributed by atoms with van der Waals surface area (Å²) in [4.78, 5) is 4.46. The maximum atomic E-state index is 12.9. The molecule has 2 heterocycles. The minimum atomic E-state index is -0.263. The van der Waals surface area contributed by atoms with Crippen LogP contribution in [0.25, 0.3) is 16.4 Å². The maximum Gasteiger partial charge on any atom is 0.212 e. The quantitative estimate of drug-likeness (QED) is 0.793. The van der Waals surface area contributed by atoms with E-state index >= 15 is 0 Å². The van der Waals surface area contributed by atoms with Crippen LogP contribution < -0.4 is 5.73 Å². The van der Waals surface area contributed by atoms with E-state index < -0.39 is 0 Å². The molecule has 2 N–H and O–H groups in total. The van der Waals surface area contributed by atoms with Gasteiger partial charge < -0.3 is 5.73 Å². The second-order valence-corrected chi connectivity index (χ2v) is 4.70. The molecule has 96 valence electrons. The Labute approximate surface area is 112 Å². The van der Waals surface area contributed by atoms with Crippen LogP contribution in [0.3, 0.4) is 0 Å². The first-order valence-corrected chi connectivity index (χ1v) is 6.47. The van der Waals surface area contributed by atoms with Crippen molar-refractivity contribution in [2.24, 2.45) is 5.73 Å². The fourth-order valence-electron chi connectivity index (χ4n) is 1.67. The van der Waals surface area contributed by atoms with Crippen LogP contribution in [0.4, 0.5) is 4.39 Å². The monoisotopic (exact) mass is 275 g/mol. The highest BCUT2D eigenvalue weighted by Crippen LogP contribution is 2.24. The first-order valence-electron chi connectivity index (χ1n) is 5.59. The first kappa shape index (κ1) is 11.9. The van der Waals surface area contributed by atoms with E-state index in [0.29, 0.717) is 11.7 Å². The third-order valence-electron chi connectivity index (χ3n) is 2.64. The number of nitrogens with zero attached hydrogens (tertiary/aromatic N) is 4. The zero-order chi connectivity index (χ0) is 13.2. The van der Waals surface area contributed by atoms with Gasteiger partial charge >= 0.3 is 0 Å². The molecule has 7 heteroatoms. The average Bonchev–Trinajstić information content (AvgIpc) is 3.07. The molecule has 3 aromatic rings. The van der Waals surface area contributed by atoms with Crippen molar-refractivity contribution < 1.29 is 4.39 Å². The lowest BCUT2D eigenvalue weighted by molar-refractivity contribution is 0.628. The predicted molar refractivity (Wildman–Crippen MR) is 70.3 cm³/mol. The minimum absolute atomic E-state index is 0.263. The van der Waals surface area contributed by atoms with Gasteiger partial charge in [-0.3, -0.25) is 0 Å². The molecule has 2 aromatic heterocycles. The number of halogens is 1. The van der Waals surface area contributed by atoms with Gasteiger partial charge in [0.05, 0.1) is 17.6 Å². The van der Waals surface area contributed by atoms with Crippen LogP contribution in [0, 0.1) is 5.82 Å². The molecule has 0 saturated carbocycles. The van der Waals surface area contributed by atoms with E-state index in [-0.39, 0.29) is 5.82 Å².